The first-order valence-corrected chi connectivity index (χ1v) is 8.22. The van der Waals surface area contributed by atoms with Gasteiger partial charge in [0.2, 0.25) is 0 Å². The average molecular weight is 309 g/mol. The summed E-state index contributed by atoms with van der Waals surface area (Å²) < 4.78 is 35.8. The number of nitrogens with one attached hydrogen (secondary N) is 1. The molecule has 0 saturated carbocycles. The maximum atomic E-state index is 13.1. The van der Waals surface area contributed by atoms with Crippen molar-refractivity contribution in [1.29, 1.82) is 0 Å². The molecule has 0 aliphatic carbocycles. The van der Waals surface area contributed by atoms with E-state index in [4.69, 9.17) is 0 Å². The summed E-state index contributed by atoms with van der Waals surface area (Å²) in [6.45, 7) is 0.917. The Morgan fingerprint density at radius 2 is 1.67 bits per heavy atom. The minimum atomic E-state index is -3.18. The van der Waals surface area contributed by atoms with Crippen LogP contribution in [-0.4, -0.2) is 19.8 Å². The summed E-state index contributed by atoms with van der Waals surface area (Å²) >= 11 is 0. The lowest BCUT2D eigenvalue weighted by Crippen LogP contribution is -2.12. The Balaban J connectivity index is 1.94. The van der Waals surface area contributed by atoms with E-state index in [1.807, 2.05) is 0 Å². The molecule has 2 aromatic rings. The van der Waals surface area contributed by atoms with Gasteiger partial charge in [-0.1, -0.05) is 12.1 Å². The summed E-state index contributed by atoms with van der Waals surface area (Å²) in [5.74, 6) is -0.589. The summed E-state index contributed by atoms with van der Waals surface area (Å²) in [7, 11) is -3.18. The number of aromatic hydroxyl groups is 1. The molecule has 21 heavy (non-hydrogen) atoms. The van der Waals surface area contributed by atoms with Crippen LogP contribution in [0, 0.1) is 5.82 Å². The molecule has 0 saturated heterocycles. The molecule has 0 aliphatic rings. The van der Waals surface area contributed by atoms with Gasteiger partial charge in [0.05, 0.1) is 4.90 Å². The summed E-state index contributed by atoms with van der Waals surface area (Å²) in [4.78, 5) is 0.279. The Kier molecular flexibility index (Phi) is 4.59. The third kappa shape index (κ3) is 4.54. The van der Waals surface area contributed by atoms with Gasteiger partial charge >= 0.3 is 0 Å². The average Bonchev–Trinajstić information content (AvgIpc) is 2.37. The zero-order valence-corrected chi connectivity index (χ0v) is 12.3. The van der Waals surface area contributed by atoms with Crippen molar-refractivity contribution in [2.24, 2.45) is 0 Å². The molecule has 2 N–H and O–H groups in total. The Morgan fingerprint density at radius 1 is 1.05 bits per heavy atom. The van der Waals surface area contributed by atoms with E-state index in [1.54, 1.807) is 24.3 Å². The first-order valence-electron chi connectivity index (χ1n) is 6.33. The smallest absolute Gasteiger partial charge is 0.175 e. The molecule has 112 valence electrons. The van der Waals surface area contributed by atoms with Gasteiger partial charge in [-0.05, 0) is 35.4 Å². The van der Waals surface area contributed by atoms with E-state index < -0.39 is 15.7 Å². The molecular formula is C15H16FNO3S. The number of rotatable bonds is 5. The van der Waals surface area contributed by atoms with Crippen molar-refractivity contribution in [3.05, 3.63) is 59.4 Å². The molecule has 0 atom stereocenters. The molecule has 0 bridgehead atoms. The molecule has 6 heteroatoms. The van der Waals surface area contributed by atoms with Crippen LogP contribution in [0.5, 0.6) is 5.75 Å². The van der Waals surface area contributed by atoms with Crippen molar-refractivity contribution in [2.45, 2.75) is 18.0 Å². The molecule has 0 aromatic heterocycles. The van der Waals surface area contributed by atoms with Crippen molar-refractivity contribution in [3.8, 4) is 5.75 Å². The van der Waals surface area contributed by atoms with Crippen LogP contribution in [0.2, 0.25) is 0 Å². The highest BCUT2D eigenvalue weighted by Crippen LogP contribution is 2.15. The number of hydrogen-bond donors (Lipinski definition) is 2. The zero-order chi connectivity index (χ0) is 15.5. The minimum Gasteiger partial charge on any atom is -0.508 e. The van der Waals surface area contributed by atoms with E-state index in [2.05, 4.69) is 5.32 Å². The second kappa shape index (κ2) is 6.24. The van der Waals surface area contributed by atoms with Gasteiger partial charge in [0.1, 0.15) is 11.6 Å². The molecule has 0 spiro atoms. The predicted octanol–water partition coefficient (Wildman–Crippen LogP) is 2.22. The molecule has 0 fully saturated rings. The van der Waals surface area contributed by atoms with Crippen molar-refractivity contribution in [3.63, 3.8) is 0 Å². The minimum absolute atomic E-state index is 0.107. The largest absolute Gasteiger partial charge is 0.508 e. The van der Waals surface area contributed by atoms with Crippen molar-refractivity contribution < 1.29 is 17.9 Å². The van der Waals surface area contributed by atoms with Crippen LogP contribution in [-0.2, 0) is 22.9 Å². The molecule has 0 heterocycles. The van der Waals surface area contributed by atoms with E-state index in [9.17, 15) is 17.9 Å². The normalized spacial score (nSPS) is 11.5. The first-order chi connectivity index (χ1) is 9.84. The molecule has 0 radical (unpaired) electrons. The fourth-order valence-corrected chi connectivity index (χ4v) is 2.57. The Hall–Kier alpha value is -1.92. The van der Waals surface area contributed by atoms with Crippen molar-refractivity contribution in [2.75, 3.05) is 6.26 Å². The molecule has 0 aliphatic heterocycles. The predicted molar refractivity (Wildman–Crippen MR) is 78.2 cm³/mol. The molecule has 2 aromatic carbocycles. The van der Waals surface area contributed by atoms with E-state index in [1.165, 1.54) is 12.1 Å². The standard InChI is InChI=1S/C15H16FNO3S/c1-21(19,20)15-4-2-11(3-5-15)9-17-10-12-6-13(16)8-14(18)7-12/h2-8,17-18H,9-10H2,1H3. The van der Waals surface area contributed by atoms with Crippen LogP contribution in [0.15, 0.2) is 47.4 Å². The lowest BCUT2D eigenvalue weighted by atomic mass is 10.2. The highest BCUT2D eigenvalue weighted by Gasteiger charge is 2.06. The van der Waals surface area contributed by atoms with Gasteiger partial charge in [0, 0.05) is 25.4 Å². The van der Waals surface area contributed by atoms with E-state index in [0.29, 0.717) is 18.7 Å². The van der Waals surface area contributed by atoms with E-state index in [-0.39, 0.29) is 10.6 Å². The lowest BCUT2D eigenvalue weighted by Gasteiger charge is -2.07. The fraction of sp³-hybridized carbons (Fsp3) is 0.200. The number of sulfone groups is 1. The van der Waals surface area contributed by atoms with Crippen LogP contribution >= 0.6 is 0 Å². The summed E-state index contributed by atoms with van der Waals surface area (Å²) in [6.07, 6.45) is 1.16. The zero-order valence-electron chi connectivity index (χ0n) is 11.5. The van der Waals surface area contributed by atoms with Gasteiger partial charge < -0.3 is 10.4 Å². The van der Waals surface area contributed by atoms with Crippen LogP contribution in [0.4, 0.5) is 4.39 Å². The molecule has 0 unspecified atom stereocenters. The first kappa shape index (κ1) is 15.5. The maximum absolute atomic E-state index is 13.1. The monoisotopic (exact) mass is 309 g/mol. The highest BCUT2D eigenvalue weighted by atomic mass is 32.2. The number of phenolic OH excluding ortho intramolecular Hbond substituents is 1. The summed E-state index contributed by atoms with van der Waals surface area (Å²) in [6, 6.07) is 10.5. The third-order valence-corrected chi connectivity index (χ3v) is 4.08. The Morgan fingerprint density at radius 3 is 2.24 bits per heavy atom. The molecular weight excluding hydrogens is 293 g/mol. The highest BCUT2D eigenvalue weighted by molar-refractivity contribution is 7.90. The number of halogens is 1. The van der Waals surface area contributed by atoms with Crippen LogP contribution in [0.25, 0.3) is 0 Å². The molecule has 0 amide bonds. The Labute approximate surface area is 123 Å². The third-order valence-electron chi connectivity index (χ3n) is 2.95. The summed E-state index contributed by atoms with van der Waals surface area (Å²) in [5, 5.41) is 12.4. The van der Waals surface area contributed by atoms with Crippen LogP contribution in [0.3, 0.4) is 0 Å². The Bertz CT molecular complexity index is 707. The van der Waals surface area contributed by atoms with Gasteiger partial charge in [-0.15, -0.1) is 0 Å². The SMILES string of the molecule is CS(=O)(=O)c1ccc(CNCc2cc(O)cc(F)c2)cc1. The van der Waals surface area contributed by atoms with Gasteiger partial charge in [-0.25, -0.2) is 12.8 Å². The van der Waals surface area contributed by atoms with Gasteiger partial charge in [-0.3, -0.25) is 0 Å². The fourth-order valence-electron chi connectivity index (χ4n) is 1.94. The second-order valence-corrected chi connectivity index (χ2v) is 6.85. The van der Waals surface area contributed by atoms with Gasteiger partial charge in [0.15, 0.2) is 9.84 Å². The van der Waals surface area contributed by atoms with Crippen molar-refractivity contribution >= 4 is 9.84 Å². The van der Waals surface area contributed by atoms with Crippen molar-refractivity contribution in [1.82, 2.24) is 5.32 Å². The number of phenols is 1. The van der Waals surface area contributed by atoms with E-state index >= 15 is 0 Å². The van der Waals surface area contributed by atoms with Crippen LogP contribution < -0.4 is 5.32 Å². The van der Waals surface area contributed by atoms with Crippen LogP contribution in [0.1, 0.15) is 11.1 Å². The number of benzene rings is 2. The second-order valence-electron chi connectivity index (χ2n) is 4.84. The van der Waals surface area contributed by atoms with E-state index in [0.717, 1.165) is 17.9 Å². The van der Waals surface area contributed by atoms with Gasteiger partial charge in [-0.2, -0.15) is 0 Å². The number of hydrogen-bond acceptors (Lipinski definition) is 4. The van der Waals surface area contributed by atoms with Gasteiger partial charge in [0.25, 0.3) is 0 Å². The topological polar surface area (TPSA) is 66.4 Å². The molecule has 2 rings (SSSR count). The summed E-state index contributed by atoms with van der Waals surface area (Å²) in [5.41, 5.74) is 1.56. The lowest BCUT2D eigenvalue weighted by molar-refractivity contribution is 0.467. The molecule has 4 nitrogen and oxygen atoms in total. The quantitative estimate of drug-likeness (QED) is 0.889. The maximum Gasteiger partial charge on any atom is 0.175 e.